The van der Waals surface area contributed by atoms with Crippen LogP contribution in [0.25, 0.3) is 10.8 Å². The molecular weight excluding hydrogens is 504 g/mol. The zero-order chi connectivity index (χ0) is 24.8. The Bertz CT molecular complexity index is 1630. The van der Waals surface area contributed by atoms with E-state index in [0.717, 1.165) is 24.3 Å². The van der Waals surface area contributed by atoms with E-state index in [9.17, 15) is 44.0 Å². The summed E-state index contributed by atoms with van der Waals surface area (Å²) in [5.74, 6) is -0.914. The number of rotatable bonds is 6. The largest absolute Gasteiger partial charge is 0.505 e. The van der Waals surface area contributed by atoms with Crippen LogP contribution in [0.5, 0.6) is 11.5 Å². The first kappa shape index (κ1) is 24.5. The average molecular weight is 519 g/mol. The van der Waals surface area contributed by atoms with Gasteiger partial charge in [-0.3, -0.25) is 13.7 Å². The van der Waals surface area contributed by atoms with E-state index in [1.807, 2.05) is 0 Å². The molecule has 3 aromatic rings. The van der Waals surface area contributed by atoms with E-state index in [1.54, 1.807) is 0 Å². The van der Waals surface area contributed by atoms with Crippen molar-refractivity contribution in [3.05, 3.63) is 42.5 Å². The molecule has 0 fully saturated rings. The van der Waals surface area contributed by atoms with Gasteiger partial charge in [-0.05, 0) is 24.3 Å². The van der Waals surface area contributed by atoms with Crippen LogP contribution >= 0.6 is 0 Å². The number of benzene rings is 3. The number of fused-ring (bicyclic) bond motifs is 1. The Hall–Kier alpha value is -3.15. The molecule has 0 aliphatic heterocycles. The molecule has 0 saturated heterocycles. The fraction of sp³-hybridized carbons (Fsp3) is 0.0588. The molecule has 0 amide bonds. The van der Waals surface area contributed by atoms with Crippen molar-refractivity contribution in [2.45, 2.75) is 14.7 Å². The van der Waals surface area contributed by atoms with Crippen molar-refractivity contribution in [3.8, 4) is 11.5 Å². The molecule has 0 atom stereocenters. The molecule has 0 bridgehead atoms. The van der Waals surface area contributed by atoms with Crippen LogP contribution in [0.15, 0.2) is 67.4 Å². The second-order valence-corrected chi connectivity index (χ2v) is 10.6. The summed E-state index contributed by atoms with van der Waals surface area (Å²) in [7, 11) is -13.6. The number of phenols is 1. The maximum Gasteiger partial charge on any atom is 0.296 e. The molecule has 13 nitrogen and oxygen atoms in total. The predicted molar refractivity (Wildman–Crippen MR) is 112 cm³/mol. The number of hydrogen-bond acceptors (Lipinski definition) is 10. The zero-order valence-corrected chi connectivity index (χ0v) is 18.8. The number of phenolic OH excluding ortho intramolecular Hbond substituents is 1. The lowest BCUT2D eigenvalue weighted by atomic mass is 10.1. The van der Waals surface area contributed by atoms with Crippen molar-refractivity contribution < 1.29 is 48.8 Å². The zero-order valence-electron chi connectivity index (χ0n) is 16.3. The van der Waals surface area contributed by atoms with Crippen LogP contribution in [0.4, 0.5) is 11.4 Å². The van der Waals surface area contributed by atoms with Crippen LogP contribution in [0.2, 0.25) is 0 Å². The summed E-state index contributed by atoms with van der Waals surface area (Å²) in [6.07, 6.45) is 0. The molecule has 3 rings (SSSR count). The summed E-state index contributed by atoms with van der Waals surface area (Å²) < 4.78 is 104. The highest BCUT2D eigenvalue weighted by atomic mass is 32.2. The third kappa shape index (κ3) is 4.95. The van der Waals surface area contributed by atoms with Crippen LogP contribution in [0.1, 0.15) is 0 Å². The fourth-order valence-corrected chi connectivity index (χ4v) is 4.86. The number of nitrogens with zero attached hydrogens (tertiary/aromatic N) is 2. The van der Waals surface area contributed by atoms with Crippen molar-refractivity contribution in [2.24, 2.45) is 10.2 Å². The normalized spacial score (nSPS) is 13.0. The summed E-state index contributed by atoms with van der Waals surface area (Å²) in [6.45, 7) is 0. The first-order valence-corrected chi connectivity index (χ1v) is 12.8. The van der Waals surface area contributed by atoms with Crippen molar-refractivity contribution in [1.82, 2.24) is 0 Å². The quantitative estimate of drug-likeness (QED) is 0.274. The summed E-state index contributed by atoms with van der Waals surface area (Å²) in [5, 5.41) is 16.9. The molecule has 0 aliphatic carbocycles. The third-order valence-electron chi connectivity index (χ3n) is 4.31. The molecule has 0 unspecified atom stereocenters. The number of methoxy groups -OCH3 is 1. The Kier molecular flexibility index (Phi) is 6.18. The van der Waals surface area contributed by atoms with Crippen LogP contribution in [-0.2, 0) is 30.4 Å². The van der Waals surface area contributed by atoms with Gasteiger partial charge in [-0.15, -0.1) is 10.2 Å². The molecule has 0 heterocycles. The summed E-state index contributed by atoms with van der Waals surface area (Å²) in [4.78, 5) is -2.60. The molecule has 0 spiro atoms. The predicted octanol–water partition coefficient (Wildman–Crippen LogP) is 2.71. The fourth-order valence-electron chi connectivity index (χ4n) is 2.88. The first-order chi connectivity index (χ1) is 15.1. The minimum absolute atomic E-state index is 0.0338. The highest BCUT2D eigenvalue weighted by Gasteiger charge is 2.26. The van der Waals surface area contributed by atoms with Crippen molar-refractivity contribution in [1.29, 1.82) is 0 Å². The van der Waals surface area contributed by atoms with Crippen LogP contribution in [-0.4, -0.2) is 51.1 Å². The van der Waals surface area contributed by atoms with Gasteiger partial charge in [-0.2, -0.15) is 25.3 Å². The van der Waals surface area contributed by atoms with Gasteiger partial charge in [0.05, 0.1) is 7.11 Å². The number of ether oxygens (including phenoxy) is 1. The molecule has 0 radical (unpaired) electrons. The lowest BCUT2D eigenvalue weighted by Gasteiger charge is -2.11. The summed E-state index contributed by atoms with van der Waals surface area (Å²) >= 11 is 0. The molecule has 0 aromatic heterocycles. The van der Waals surface area contributed by atoms with Crippen molar-refractivity contribution >= 4 is 52.5 Å². The van der Waals surface area contributed by atoms with Gasteiger partial charge in [-0.25, -0.2) is 0 Å². The summed E-state index contributed by atoms with van der Waals surface area (Å²) in [5.41, 5.74) is -1.35. The highest BCUT2D eigenvalue weighted by Crippen LogP contribution is 2.43. The van der Waals surface area contributed by atoms with Crippen LogP contribution < -0.4 is 4.74 Å². The lowest BCUT2D eigenvalue weighted by Crippen LogP contribution is -2.02. The number of aromatic hydroxyl groups is 1. The molecule has 3 aromatic carbocycles. The minimum atomic E-state index is -5.14. The van der Waals surface area contributed by atoms with E-state index in [-0.39, 0.29) is 11.1 Å². The second-order valence-electron chi connectivity index (χ2n) is 6.38. The van der Waals surface area contributed by atoms with Gasteiger partial charge in [-0.1, -0.05) is 12.1 Å². The Morgan fingerprint density at radius 3 is 1.88 bits per heavy atom. The highest BCUT2D eigenvalue weighted by molar-refractivity contribution is 7.86. The van der Waals surface area contributed by atoms with Gasteiger partial charge in [0.2, 0.25) is 0 Å². The van der Waals surface area contributed by atoms with E-state index in [0.29, 0.717) is 6.07 Å². The summed E-state index contributed by atoms with van der Waals surface area (Å²) in [6, 6.07) is 7.11. The van der Waals surface area contributed by atoms with Gasteiger partial charge < -0.3 is 9.84 Å². The Morgan fingerprint density at radius 2 is 1.33 bits per heavy atom. The maximum absolute atomic E-state index is 11.9. The molecule has 33 heavy (non-hydrogen) atoms. The topological polar surface area (TPSA) is 217 Å². The monoisotopic (exact) mass is 518 g/mol. The minimum Gasteiger partial charge on any atom is -0.505 e. The lowest BCUT2D eigenvalue weighted by molar-refractivity contribution is 0.412. The van der Waals surface area contributed by atoms with E-state index < -0.39 is 67.6 Å². The van der Waals surface area contributed by atoms with E-state index in [4.69, 9.17) is 4.74 Å². The van der Waals surface area contributed by atoms with Gasteiger partial charge >= 0.3 is 0 Å². The Morgan fingerprint density at radius 1 is 0.727 bits per heavy atom. The standard InChI is InChI=1S/C17H14N2O11S3/c1-30-9-5-6-12(14(7-9)32(24,25)26)18-19-16-15(33(27,28)29)8-11-10(17(16)20)3-2-4-13(11)31(21,22)23/h2-8,20H,1H3,(H,21,22,23)(H,24,25,26)(H,27,28,29). The SMILES string of the molecule is COc1ccc(N=Nc2c(S(=O)(=O)O)cc3c(S(=O)(=O)O)cccc3c2O)c(S(=O)(=O)O)c1. The number of azo groups is 1. The van der Waals surface area contributed by atoms with Gasteiger partial charge in [0.1, 0.15) is 31.8 Å². The molecule has 176 valence electrons. The molecule has 0 aliphatic rings. The third-order valence-corrected chi connectivity index (χ3v) is 6.97. The first-order valence-electron chi connectivity index (χ1n) is 8.45. The molecule has 0 saturated carbocycles. The van der Waals surface area contributed by atoms with E-state index >= 15 is 0 Å². The Labute approximate surface area is 187 Å². The Balaban J connectivity index is 2.35. The van der Waals surface area contributed by atoms with E-state index in [2.05, 4.69) is 10.2 Å². The second kappa shape index (κ2) is 8.32. The van der Waals surface area contributed by atoms with E-state index in [1.165, 1.54) is 19.2 Å². The number of hydrogen-bond donors (Lipinski definition) is 4. The van der Waals surface area contributed by atoms with Crippen LogP contribution in [0, 0.1) is 0 Å². The van der Waals surface area contributed by atoms with Crippen molar-refractivity contribution in [2.75, 3.05) is 7.11 Å². The van der Waals surface area contributed by atoms with Gasteiger partial charge in [0.15, 0.2) is 5.75 Å². The average Bonchev–Trinajstić information content (AvgIpc) is 2.70. The molecular formula is C17H14N2O11S3. The smallest absolute Gasteiger partial charge is 0.296 e. The van der Waals surface area contributed by atoms with Crippen LogP contribution in [0.3, 0.4) is 0 Å². The molecule has 16 heteroatoms. The molecule has 4 N–H and O–H groups in total. The van der Waals surface area contributed by atoms with Gasteiger partial charge in [0, 0.05) is 16.8 Å². The van der Waals surface area contributed by atoms with Gasteiger partial charge in [0.25, 0.3) is 30.4 Å². The maximum atomic E-state index is 11.9. The van der Waals surface area contributed by atoms with Crippen molar-refractivity contribution in [3.63, 3.8) is 0 Å².